The van der Waals surface area contributed by atoms with Gasteiger partial charge < -0.3 is 15.0 Å². The summed E-state index contributed by atoms with van der Waals surface area (Å²) in [5, 5.41) is 3.97. The number of fused-ring (bicyclic) bond motifs is 1. The molecule has 2 N–H and O–H groups in total. The van der Waals surface area contributed by atoms with Crippen molar-refractivity contribution in [2.45, 2.75) is 19.9 Å². The molecule has 0 aliphatic heterocycles. The lowest BCUT2D eigenvalue weighted by molar-refractivity contribution is 0.0935. The average Bonchev–Trinajstić information content (AvgIpc) is 3.12. The fourth-order valence-electron chi connectivity index (χ4n) is 3.21. The number of aromatic amines is 1. The Morgan fingerprint density at radius 2 is 1.71 bits per heavy atom. The van der Waals surface area contributed by atoms with Gasteiger partial charge in [0, 0.05) is 10.9 Å². The highest BCUT2D eigenvalue weighted by Crippen LogP contribution is 2.27. The van der Waals surface area contributed by atoms with E-state index in [1.165, 1.54) is 0 Å². The summed E-state index contributed by atoms with van der Waals surface area (Å²) in [6.45, 7) is 4.01. The van der Waals surface area contributed by atoms with Crippen molar-refractivity contribution in [3.8, 4) is 11.5 Å². The van der Waals surface area contributed by atoms with E-state index in [1.807, 2.05) is 92.7 Å². The number of nitrogens with one attached hydrogen (secondary N) is 2. The van der Waals surface area contributed by atoms with Gasteiger partial charge in [-0.3, -0.25) is 4.79 Å². The zero-order valence-corrected chi connectivity index (χ0v) is 15.9. The van der Waals surface area contributed by atoms with Crippen LogP contribution in [-0.2, 0) is 0 Å². The van der Waals surface area contributed by atoms with E-state index in [0.29, 0.717) is 5.69 Å². The molecular formula is C24H22N2O2. The number of aromatic nitrogens is 1. The number of carbonyl (C=O) groups excluding carboxylic acids is 1. The van der Waals surface area contributed by atoms with Crippen LogP contribution < -0.4 is 10.1 Å². The molecule has 1 amide bonds. The summed E-state index contributed by atoms with van der Waals surface area (Å²) in [4.78, 5) is 15.8. The Hall–Kier alpha value is -3.53. The topological polar surface area (TPSA) is 54.1 Å². The number of hydrogen-bond acceptors (Lipinski definition) is 2. The molecule has 1 heterocycles. The minimum Gasteiger partial charge on any atom is -0.457 e. The van der Waals surface area contributed by atoms with Gasteiger partial charge in [-0.15, -0.1) is 0 Å². The number of H-pyrrole nitrogens is 1. The number of rotatable bonds is 5. The Morgan fingerprint density at radius 1 is 0.929 bits per heavy atom. The van der Waals surface area contributed by atoms with E-state index >= 15 is 0 Å². The van der Waals surface area contributed by atoms with E-state index in [2.05, 4.69) is 10.3 Å². The lowest BCUT2D eigenvalue weighted by atomic mass is 10.1. The minimum absolute atomic E-state index is 0.0691. The quantitative estimate of drug-likeness (QED) is 0.469. The van der Waals surface area contributed by atoms with E-state index in [1.54, 1.807) is 0 Å². The molecule has 0 saturated carbocycles. The fourth-order valence-corrected chi connectivity index (χ4v) is 3.21. The first kappa shape index (κ1) is 17.9. The van der Waals surface area contributed by atoms with Crippen LogP contribution >= 0.6 is 0 Å². The van der Waals surface area contributed by atoms with Gasteiger partial charge in [-0.1, -0.05) is 42.5 Å². The molecule has 4 nitrogen and oxygen atoms in total. The molecule has 0 spiro atoms. The van der Waals surface area contributed by atoms with Gasteiger partial charge >= 0.3 is 0 Å². The zero-order chi connectivity index (χ0) is 19.5. The highest BCUT2D eigenvalue weighted by atomic mass is 16.5. The summed E-state index contributed by atoms with van der Waals surface area (Å²) < 4.78 is 5.94. The lowest BCUT2D eigenvalue weighted by Crippen LogP contribution is -2.26. The molecule has 3 aromatic carbocycles. The SMILES string of the molecule is Cc1cccc(Oc2ccc3[nH]c(C(=O)NC(C)c4ccccc4)cc3c2)c1. The van der Waals surface area contributed by atoms with E-state index in [0.717, 1.165) is 33.5 Å². The number of ether oxygens (including phenoxy) is 1. The number of carbonyl (C=O) groups is 1. The van der Waals surface area contributed by atoms with Crippen LogP contribution in [0.4, 0.5) is 0 Å². The van der Waals surface area contributed by atoms with Crippen LogP contribution in [0.25, 0.3) is 10.9 Å². The Kier molecular flexibility index (Phi) is 4.85. The van der Waals surface area contributed by atoms with Crippen molar-refractivity contribution in [2.75, 3.05) is 0 Å². The predicted octanol–water partition coefficient (Wildman–Crippen LogP) is 5.76. The van der Waals surface area contributed by atoms with Gasteiger partial charge in [-0.2, -0.15) is 0 Å². The zero-order valence-electron chi connectivity index (χ0n) is 15.9. The molecule has 0 aliphatic carbocycles. The molecule has 0 bridgehead atoms. The van der Waals surface area contributed by atoms with Crippen LogP contribution in [0.1, 0.15) is 34.6 Å². The lowest BCUT2D eigenvalue weighted by Gasteiger charge is -2.13. The molecule has 0 fully saturated rings. The van der Waals surface area contributed by atoms with Crippen molar-refractivity contribution in [3.05, 3.63) is 95.7 Å². The summed E-state index contributed by atoms with van der Waals surface area (Å²) in [6.07, 6.45) is 0. The van der Waals surface area contributed by atoms with Gasteiger partial charge in [0.1, 0.15) is 17.2 Å². The standard InChI is InChI=1S/C24H22N2O2/c1-16-7-6-10-20(13-16)28-21-11-12-22-19(14-21)15-23(26-22)24(27)25-17(2)18-8-4-3-5-9-18/h3-15,17,26H,1-2H3,(H,25,27). The van der Waals surface area contributed by atoms with Gasteiger partial charge in [0.05, 0.1) is 6.04 Å². The van der Waals surface area contributed by atoms with E-state index in [-0.39, 0.29) is 11.9 Å². The minimum atomic E-state index is -0.131. The molecule has 4 aromatic rings. The maximum atomic E-state index is 12.6. The number of benzene rings is 3. The first-order valence-corrected chi connectivity index (χ1v) is 9.31. The highest BCUT2D eigenvalue weighted by molar-refractivity contribution is 5.98. The van der Waals surface area contributed by atoms with Crippen molar-refractivity contribution in [3.63, 3.8) is 0 Å². The molecule has 1 atom stereocenters. The van der Waals surface area contributed by atoms with Crippen molar-refractivity contribution in [2.24, 2.45) is 0 Å². The summed E-state index contributed by atoms with van der Waals surface area (Å²) in [7, 11) is 0. The molecule has 4 rings (SSSR count). The Balaban J connectivity index is 1.52. The molecule has 28 heavy (non-hydrogen) atoms. The van der Waals surface area contributed by atoms with Crippen LogP contribution in [0.15, 0.2) is 78.9 Å². The normalized spacial score (nSPS) is 11.9. The molecule has 0 radical (unpaired) electrons. The molecule has 4 heteroatoms. The first-order valence-electron chi connectivity index (χ1n) is 9.31. The number of hydrogen-bond donors (Lipinski definition) is 2. The summed E-state index contributed by atoms with van der Waals surface area (Å²) in [5.41, 5.74) is 3.65. The van der Waals surface area contributed by atoms with Crippen LogP contribution in [-0.4, -0.2) is 10.9 Å². The molecule has 0 aliphatic rings. The van der Waals surface area contributed by atoms with Crippen molar-refractivity contribution >= 4 is 16.8 Å². The van der Waals surface area contributed by atoms with E-state index in [4.69, 9.17) is 4.74 Å². The predicted molar refractivity (Wildman–Crippen MR) is 112 cm³/mol. The van der Waals surface area contributed by atoms with Crippen LogP contribution in [0, 0.1) is 6.92 Å². The second-order valence-corrected chi connectivity index (χ2v) is 6.96. The first-order chi connectivity index (χ1) is 13.6. The number of aryl methyl sites for hydroxylation is 1. The van der Waals surface area contributed by atoms with Crippen molar-refractivity contribution in [1.29, 1.82) is 0 Å². The molecular weight excluding hydrogens is 348 g/mol. The van der Waals surface area contributed by atoms with Gasteiger partial charge in [0.2, 0.25) is 0 Å². The maximum absolute atomic E-state index is 12.6. The molecule has 1 unspecified atom stereocenters. The third-order valence-electron chi connectivity index (χ3n) is 4.71. The second-order valence-electron chi connectivity index (χ2n) is 6.96. The number of amides is 1. The maximum Gasteiger partial charge on any atom is 0.268 e. The smallest absolute Gasteiger partial charge is 0.268 e. The van der Waals surface area contributed by atoms with Gasteiger partial charge in [0.25, 0.3) is 5.91 Å². The van der Waals surface area contributed by atoms with Crippen LogP contribution in [0.5, 0.6) is 11.5 Å². The summed E-state index contributed by atoms with van der Waals surface area (Å²) >= 11 is 0. The largest absolute Gasteiger partial charge is 0.457 e. The molecule has 140 valence electrons. The van der Waals surface area contributed by atoms with Crippen LogP contribution in [0.2, 0.25) is 0 Å². The third kappa shape index (κ3) is 3.91. The Labute approximate surface area is 164 Å². The summed E-state index contributed by atoms with van der Waals surface area (Å²) in [6, 6.07) is 25.4. The average molecular weight is 370 g/mol. The Morgan fingerprint density at radius 3 is 2.50 bits per heavy atom. The summed E-state index contributed by atoms with van der Waals surface area (Å²) in [5.74, 6) is 1.40. The van der Waals surface area contributed by atoms with Crippen molar-refractivity contribution < 1.29 is 9.53 Å². The van der Waals surface area contributed by atoms with Gasteiger partial charge in [0.15, 0.2) is 0 Å². The fraction of sp³-hybridized carbons (Fsp3) is 0.125. The van der Waals surface area contributed by atoms with Gasteiger partial charge in [-0.25, -0.2) is 0 Å². The highest BCUT2D eigenvalue weighted by Gasteiger charge is 2.14. The Bertz CT molecular complexity index is 1120. The van der Waals surface area contributed by atoms with Crippen LogP contribution in [0.3, 0.4) is 0 Å². The molecule has 1 aromatic heterocycles. The molecule has 0 saturated heterocycles. The van der Waals surface area contributed by atoms with Crippen molar-refractivity contribution in [1.82, 2.24) is 10.3 Å². The monoisotopic (exact) mass is 370 g/mol. The van der Waals surface area contributed by atoms with E-state index < -0.39 is 0 Å². The van der Waals surface area contributed by atoms with Gasteiger partial charge in [-0.05, 0) is 61.4 Å². The second kappa shape index (κ2) is 7.61. The third-order valence-corrected chi connectivity index (χ3v) is 4.71. The van der Waals surface area contributed by atoms with E-state index in [9.17, 15) is 4.79 Å².